The Hall–Kier alpha value is -1.70. The van der Waals surface area contributed by atoms with Gasteiger partial charge in [-0.1, -0.05) is 6.07 Å². The fourth-order valence-electron chi connectivity index (χ4n) is 1.67. The Morgan fingerprint density at radius 1 is 0.929 bits per heavy atom. The van der Waals surface area contributed by atoms with Crippen molar-refractivity contribution in [1.82, 2.24) is 9.97 Å². The van der Waals surface area contributed by atoms with Gasteiger partial charge in [-0.25, -0.2) is 0 Å². The Morgan fingerprint density at radius 2 is 1.64 bits per heavy atom. The van der Waals surface area contributed by atoms with Gasteiger partial charge in [0.1, 0.15) is 0 Å². The standard InChI is InChI=1S/C12H12N2/c1-9-6-14-7-10(2)12(9)11-4-3-5-13-8-11/h3-8H,1-2H3. The summed E-state index contributed by atoms with van der Waals surface area (Å²) in [5.41, 5.74) is 4.79. The van der Waals surface area contributed by atoms with E-state index in [0.717, 1.165) is 5.56 Å². The Balaban J connectivity index is 2.63. The van der Waals surface area contributed by atoms with Crippen LogP contribution >= 0.6 is 0 Å². The zero-order chi connectivity index (χ0) is 9.97. The molecule has 0 radical (unpaired) electrons. The number of nitrogens with zero attached hydrogens (tertiary/aromatic N) is 2. The van der Waals surface area contributed by atoms with E-state index in [1.807, 2.05) is 24.7 Å². The van der Waals surface area contributed by atoms with E-state index in [0.29, 0.717) is 0 Å². The molecule has 2 nitrogen and oxygen atoms in total. The number of hydrogen-bond acceptors (Lipinski definition) is 2. The van der Waals surface area contributed by atoms with Gasteiger partial charge in [-0.3, -0.25) is 9.97 Å². The van der Waals surface area contributed by atoms with Gasteiger partial charge in [-0.05, 0) is 36.6 Å². The van der Waals surface area contributed by atoms with E-state index in [1.54, 1.807) is 6.20 Å². The summed E-state index contributed by atoms with van der Waals surface area (Å²) in [6, 6.07) is 4.02. The minimum Gasteiger partial charge on any atom is -0.264 e. The van der Waals surface area contributed by atoms with Crippen molar-refractivity contribution in [3.63, 3.8) is 0 Å². The molecular formula is C12H12N2. The number of rotatable bonds is 1. The average molecular weight is 184 g/mol. The lowest BCUT2D eigenvalue weighted by molar-refractivity contribution is 1.21. The van der Waals surface area contributed by atoms with E-state index in [9.17, 15) is 0 Å². The molecule has 0 unspecified atom stereocenters. The summed E-state index contributed by atoms with van der Waals surface area (Å²) >= 11 is 0. The Bertz CT molecular complexity index is 415. The molecule has 2 rings (SSSR count). The van der Waals surface area contributed by atoms with Gasteiger partial charge in [0.15, 0.2) is 0 Å². The molecule has 70 valence electrons. The highest BCUT2D eigenvalue weighted by molar-refractivity contribution is 5.68. The summed E-state index contributed by atoms with van der Waals surface area (Å²) in [6.07, 6.45) is 7.44. The van der Waals surface area contributed by atoms with Crippen molar-refractivity contribution >= 4 is 0 Å². The molecule has 0 N–H and O–H groups in total. The monoisotopic (exact) mass is 184 g/mol. The molecular weight excluding hydrogens is 172 g/mol. The molecule has 0 aromatic carbocycles. The van der Waals surface area contributed by atoms with Crippen molar-refractivity contribution in [2.24, 2.45) is 0 Å². The Kier molecular flexibility index (Phi) is 2.27. The van der Waals surface area contributed by atoms with Gasteiger partial charge in [0.25, 0.3) is 0 Å². The summed E-state index contributed by atoms with van der Waals surface area (Å²) in [7, 11) is 0. The molecule has 0 spiro atoms. The normalized spacial score (nSPS) is 10.1. The second kappa shape index (κ2) is 3.58. The van der Waals surface area contributed by atoms with E-state index in [1.165, 1.54) is 16.7 Å². The van der Waals surface area contributed by atoms with Crippen molar-refractivity contribution in [3.8, 4) is 11.1 Å². The van der Waals surface area contributed by atoms with Crippen LogP contribution in [0.3, 0.4) is 0 Å². The van der Waals surface area contributed by atoms with E-state index in [4.69, 9.17) is 0 Å². The van der Waals surface area contributed by atoms with Crippen LogP contribution in [0.1, 0.15) is 11.1 Å². The lowest BCUT2D eigenvalue weighted by atomic mass is 10.00. The molecule has 0 aliphatic carbocycles. The van der Waals surface area contributed by atoms with Gasteiger partial charge in [0.05, 0.1) is 0 Å². The molecule has 2 heteroatoms. The maximum atomic E-state index is 4.15. The van der Waals surface area contributed by atoms with Crippen molar-refractivity contribution in [3.05, 3.63) is 48.0 Å². The van der Waals surface area contributed by atoms with Crippen LogP contribution in [-0.4, -0.2) is 9.97 Å². The van der Waals surface area contributed by atoms with Crippen LogP contribution in [-0.2, 0) is 0 Å². The third-order valence-corrected chi connectivity index (χ3v) is 2.28. The molecule has 2 aromatic heterocycles. The van der Waals surface area contributed by atoms with Gasteiger partial charge in [-0.15, -0.1) is 0 Å². The SMILES string of the molecule is Cc1cncc(C)c1-c1cccnc1. The van der Waals surface area contributed by atoms with Gasteiger partial charge < -0.3 is 0 Å². The number of aryl methyl sites for hydroxylation is 2. The molecule has 0 saturated heterocycles. The second-order valence-corrected chi connectivity index (χ2v) is 3.39. The first-order chi connectivity index (χ1) is 6.79. The van der Waals surface area contributed by atoms with Crippen LogP contribution in [0, 0.1) is 13.8 Å². The fraction of sp³-hybridized carbons (Fsp3) is 0.167. The summed E-state index contributed by atoms with van der Waals surface area (Å²) in [6.45, 7) is 4.14. The van der Waals surface area contributed by atoms with Crippen LogP contribution in [0.2, 0.25) is 0 Å². The van der Waals surface area contributed by atoms with Crippen LogP contribution in [0.25, 0.3) is 11.1 Å². The van der Waals surface area contributed by atoms with Crippen LogP contribution < -0.4 is 0 Å². The third kappa shape index (κ3) is 1.51. The Labute approximate surface area is 83.7 Å². The van der Waals surface area contributed by atoms with E-state index in [2.05, 4.69) is 29.9 Å². The van der Waals surface area contributed by atoms with Crippen LogP contribution in [0.4, 0.5) is 0 Å². The molecule has 0 aliphatic heterocycles. The van der Waals surface area contributed by atoms with Crippen LogP contribution in [0.15, 0.2) is 36.9 Å². The predicted octanol–water partition coefficient (Wildman–Crippen LogP) is 2.76. The maximum absolute atomic E-state index is 4.15. The van der Waals surface area contributed by atoms with E-state index < -0.39 is 0 Å². The van der Waals surface area contributed by atoms with Gasteiger partial charge >= 0.3 is 0 Å². The van der Waals surface area contributed by atoms with Crippen molar-refractivity contribution in [1.29, 1.82) is 0 Å². The van der Waals surface area contributed by atoms with E-state index in [-0.39, 0.29) is 0 Å². The second-order valence-electron chi connectivity index (χ2n) is 3.39. The molecule has 0 atom stereocenters. The molecule has 0 saturated carbocycles. The summed E-state index contributed by atoms with van der Waals surface area (Å²) in [5, 5.41) is 0. The first kappa shape index (κ1) is 8.88. The van der Waals surface area contributed by atoms with E-state index >= 15 is 0 Å². The summed E-state index contributed by atoms with van der Waals surface area (Å²) in [5.74, 6) is 0. The summed E-state index contributed by atoms with van der Waals surface area (Å²) < 4.78 is 0. The smallest absolute Gasteiger partial charge is 0.0346 e. The van der Waals surface area contributed by atoms with Gasteiger partial charge in [0, 0.05) is 30.4 Å². The van der Waals surface area contributed by atoms with Crippen molar-refractivity contribution in [2.75, 3.05) is 0 Å². The molecule has 2 heterocycles. The minimum atomic E-state index is 1.16. The Morgan fingerprint density at radius 3 is 2.21 bits per heavy atom. The molecule has 14 heavy (non-hydrogen) atoms. The first-order valence-corrected chi connectivity index (χ1v) is 4.60. The lowest BCUT2D eigenvalue weighted by Gasteiger charge is -2.07. The zero-order valence-electron chi connectivity index (χ0n) is 8.36. The molecule has 2 aromatic rings. The van der Waals surface area contributed by atoms with Gasteiger partial charge in [0.2, 0.25) is 0 Å². The lowest BCUT2D eigenvalue weighted by Crippen LogP contribution is -1.89. The average Bonchev–Trinajstić information content (AvgIpc) is 2.19. The van der Waals surface area contributed by atoms with Crippen molar-refractivity contribution < 1.29 is 0 Å². The number of aromatic nitrogens is 2. The highest BCUT2D eigenvalue weighted by atomic mass is 14.6. The maximum Gasteiger partial charge on any atom is 0.0346 e. The third-order valence-electron chi connectivity index (χ3n) is 2.28. The molecule has 0 amide bonds. The largest absolute Gasteiger partial charge is 0.264 e. The quantitative estimate of drug-likeness (QED) is 0.681. The molecule has 0 bridgehead atoms. The predicted molar refractivity (Wildman–Crippen MR) is 56.9 cm³/mol. The highest BCUT2D eigenvalue weighted by Crippen LogP contribution is 2.24. The first-order valence-electron chi connectivity index (χ1n) is 4.60. The molecule has 0 aliphatic rings. The topological polar surface area (TPSA) is 25.8 Å². The number of pyridine rings is 2. The van der Waals surface area contributed by atoms with Gasteiger partial charge in [-0.2, -0.15) is 0 Å². The summed E-state index contributed by atoms with van der Waals surface area (Å²) in [4.78, 5) is 8.27. The minimum absolute atomic E-state index is 1.16. The van der Waals surface area contributed by atoms with Crippen LogP contribution in [0.5, 0.6) is 0 Å². The number of hydrogen-bond donors (Lipinski definition) is 0. The highest BCUT2D eigenvalue weighted by Gasteiger charge is 2.04. The molecule has 0 fully saturated rings. The van der Waals surface area contributed by atoms with Crippen molar-refractivity contribution in [2.45, 2.75) is 13.8 Å². The zero-order valence-corrected chi connectivity index (χ0v) is 8.36. The fourth-order valence-corrected chi connectivity index (χ4v) is 1.67.